The Labute approximate surface area is 138 Å². The average Bonchev–Trinajstić information content (AvgIpc) is 2.77. The molecule has 0 spiro atoms. The number of halogens is 2. The molecular formula is C16H19F2NO5. The number of alkyl halides is 2. The zero-order valence-electron chi connectivity index (χ0n) is 13.6. The van der Waals surface area contributed by atoms with Crippen molar-refractivity contribution in [3.63, 3.8) is 0 Å². The first kappa shape index (κ1) is 18.0. The molecule has 1 aliphatic rings. The molecule has 24 heavy (non-hydrogen) atoms. The number of rotatable bonds is 6. The first-order valence-corrected chi connectivity index (χ1v) is 7.34. The second kappa shape index (κ2) is 7.02. The fourth-order valence-electron chi connectivity index (χ4n) is 2.54. The zero-order chi connectivity index (χ0) is 17.9. The van der Waals surface area contributed by atoms with Gasteiger partial charge in [0.05, 0.1) is 13.2 Å². The summed E-state index contributed by atoms with van der Waals surface area (Å²) >= 11 is 0. The highest BCUT2D eigenvalue weighted by atomic mass is 19.3. The maximum atomic E-state index is 12.6. The standard InChI is InChI=1S/C16H19F2NO5/c1-16(2)7-9(19-14(16)21)8-23-13(20)10-5-4-6-11(22-3)12(10)24-15(17)18/h4-6,9,15H,7-8H2,1-3H3,(H,19,21)/t9-/m1/s1. The van der Waals surface area contributed by atoms with Gasteiger partial charge in [0.2, 0.25) is 5.91 Å². The lowest BCUT2D eigenvalue weighted by Gasteiger charge is -2.15. The number of esters is 1. The van der Waals surface area contributed by atoms with Gasteiger partial charge in [-0.25, -0.2) is 4.79 Å². The molecule has 1 amide bonds. The molecule has 8 heteroatoms. The number of carbonyl (C=O) groups is 2. The third kappa shape index (κ3) is 3.93. The molecule has 1 heterocycles. The van der Waals surface area contributed by atoms with Crippen molar-refractivity contribution in [2.45, 2.75) is 32.9 Å². The third-order valence-corrected chi connectivity index (χ3v) is 3.75. The Morgan fingerprint density at radius 2 is 2.12 bits per heavy atom. The van der Waals surface area contributed by atoms with E-state index in [1.165, 1.54) is 25.3 Å². The van der Waals surface area contributed by atoms with Gasteiger partial charge in [-0.3, -0.25) is 4.79 Å². The smallest absolute Gasteiger partial charge is 0.387 e. The molecule has 2 rings (SSSR count). The van der Waals surface area contributed by atoms with E-state index in [2.05, 4.69) is 10.1 Å². The zero-order valence-corrected chi connectivity index (χ0v) is 13.6. The van der Waals surface area contributed by atoms with Crippen molar-refractivity contribution >= 4 is 11.9 Å². The van der Waals surface area contributed by atoms with Crippen LogP contribution >= 0.6 is 0 Å². The van der Waals surface area contributed by atoms with Crippen LogP contribution < -0.4 is 14.8 Å². The number of carbonyl (C=O) groups excluding carboxylic acids is 2. The molecule has 0 aliphatic carbocycles. The lowest BCUT2D eigenvalue weighted by Crippen LogP contribution is -2.32. The Balaban J connectivity index is 2.09. The molecule has 1 saturated heterocycles. The van der Waals surface area contributed by atoms with Gasteiger partial charge in [0.25, 0.3) is 0 Å². The summed E-state index contributed by atoms with van der Waals surface area (Å²) in [4.78, 5) is 23.9. The van der Waals surface area contributed by atoms with Crippen LogP contribution in [0, 0.1) is 5.41 Å². The van der Waals surface area contributed by atoms with E-state index < -0.39 is 18.0 Å². The van der Waals surface area contributed by atoms with E-state index in [0.29, 0.717) is 6.42 Å². The Bertz CT molecular complexity index is 633. The SMILES string of the molecule is COc1cccc(C(=O)OC[C@H]2CC(C)(C)C(=O)N2)c1OC(F)F. The summed E-state index contributed by atoms with van der Waals surface area (Å²) < 4.78 is 39.6. The van der Waals surface area contributed by atoms with Gasteiger partial charge in [-0.1, -0.05) is 19.9 Å². The highest BCUT2D eigenvalue weighted by Crippen LogP contribution is 2.33. The van der Waals surface area contributed by atoms with Crippen molar-refractivity contribution in [1.82, 2.24) is 5.32 Å². The normalized spacial score (nSPS) is 19.1. The van der Waals surface area contributed by atoms with Gasteiger partial charge in [0.1, 0.15) is 12.2 Å². The second-order valence-corrected chi connectivity index (χ2v) is 6.07. The minimum absolute atomic E-state index is 0.0000486. The number of nitrogens with one attached hydrogen (secondary N) is 1. The van der Waals surface area contributed by atoms with E-state index in [1.54, 1.807) is 13.8 Å². The van der Waals surface area contributed by atoms with Crippen LogP contribution in [0.15, 0.2) is 18.2 Å². The Morgan fingerprint density at radius 3 is 2.67 bits per heavy atom. The average molecular weight is 343 g/mol. The highest BCUT2D eigenvalue weighted by Gasteiger charge is 2.39. The van der Waals surface area contributed by atoms with Crippen LogP contribution in [0.3, 0.4) is 0 Å². The number of methoxy groups -OCH3 is 1. The summed E-state index contributed by atoms with van der Waals surface area (Å²) in [6.45, 7) is 0.420. The van der Waals surface area contributed by atoms with E-state index >= 15 is 0 Å². The summed E-state index contributed by atoms with van der Waals surface area (Å²) in [7, 11) is 1.28. The fourth-order valence-corrected chi connectivity index (χ4v) is 2.54. The van der Waals surface area contributed by atoms with Crippen LogP contribution in [0.4, 0.5) is 8.78 Å². The molecule has 0 bridgehead atoms. The summed E-state index contributed by atoms with van der Waals surface area (Å²) in [5, 5.41) is 2.73. The van der Waals surface area contributed by atoms with Crippen LogP contribution in [0.1, 0.15) is 30.6 Å². The van der Waals surface area contributed by atoms with Gasteiger partial charge in [-0.15, -0.1) is 0 Å². The molecule has 0 aromatic heterocycles. The van der Waals surface area contributed by atoms with Gasteiger partial charge in [-0.05, 0) is 18.6 Å². The van der Waals surface area contributed by atoms with Crippen LogP contribution in [-0.2, 0) is 9.53 Å². The fraction of sp³-hybridized carbons (Fsp3) is 0.500. The van der Waals surface area contributed by atoms with E-state index in [4.69, 9.17) is 9.47 Å². The maximum Gasteiger partial charge on any atom is 0.387 e. The van der Waals surface area contributed by atoms with Gasteiger partial charge in [-0.2, -0.15) is 8.78 Å². The van der Waals surface area contributed by atoms with Gasteiger partial charge in [0.15, 0.2) is 11.5 Å². The molecule has 1 fully saturated rings. The predicted molar refractivity (Wildman–Crippen MR) is 80.2 cm³/mol. The maximum absolute atomic E-state index is 12.6. The van der Waals surface area contributed by atoms with E-state index in [-0.39, 0.29) is 35.6 Å². The highest BCUT2D eigenvalue weighted by molar-refractivity contribution is 5.93. The van der Waals surface area contributed by atoms with Gasteiger partial charge < -0.3 is 19.5 Å². The molecule has 1 aromatic carbocycles. The largest absolute Gasteiger partial charge is 0.493 e. The van der Waals surface area contributed by atoms with Crippen LogP contribution in [0.5, 0.6) is 11.5 Å². The molecule has 0 unspecified atom stereocenters. The first-order chi connectivity index (χ1) is 11.2. The molecule has 1 aromatic rings. The second-order valence-electron chi connectivity index (χ2n) is 6.07. The summed E-state index contributed by atoms with van der Waals surface area (Å²) in [6.07, 6.45) is 0.512. The number of para-hydroxylation sites is 1. The van der Waals surface area contributed by atoms with Crippen molar-refractivity contribution < 1.29 is 32.6 Å². The topological polar surface area (TPSA) is 73.9 Å². The van der Waals surface area contributed by atoms with E-state index in [9.17, 15) is 18.4 Å². The molecule has 0 radical (unpaired) electrons. The third-order valence-electron chi connectivity index (χ3n) is 3.75. The van der Waals surface area contributed by atoms with Crippen molar-refractivity contribution in [1.29, 1.82) is 0 Å². The lowest BCUT2D eigenvalue weighted by molar-refractivity contribution is -0.126. The molecule has 1 atom stereocenters. The quantitative estimate of drug-likeness (QED) is 0.803. The van der Waals surface area contributed by atoms with Crippen molar-refractivity contribution in [2.24, 2.45) is 5.41 Å². The molecule has 0 saturated carbocycles. The van der Waals surface area contributed by atoms with Crippen molar-refractivity contribution in [3.8, 4) is 11.5 Å². The minimum atomic E-state index is -3.11. The molecule has 1 aliphatic heterocycles. The molecule has 1 N–H and O–H groups in total. The van der Waals surface area contributed by atoms with Crippen molar-refractivity contribution in [2.75, 3.05) is 13.7 Å². The van der Waals surface area contributed by atoms with Crippen LogP contribution in [-0.4, -0.2) is 38.2 Å². The molecule has 6 nitrogen and oxygen atoms in total. The van der Waals surface area contributed by atoms with Crippen LogP contribution in [0.2, 0.25) is 0 Å². The van der Waals surface area contributed by atoms with E-state index in [1.807, 2.05) is 0 Å². The molecule has 132 valence electrons. The number of amides is 1. The Kier molecular flexibility index (Phi) is 5.26. The number of benzene rings is 1. The number of hydrogen-bond donors (Lipinski definition) is 1. The monoisotopic (exact) mass is 343 g/mol. The number of hydrogen-bond acceptors (Lipinski definition) is 5. The summed E-state index contributed by atoms with van der Waals surface area (Å²) in [6, 6.07) is 3.85. The summed E-state index contributed by atoms with van der Waals surface area (Å²) in [5.74, 6) is -1.33. The lowest BCUT2D eigenvalue weighted by atomic mass is 9.90. The summed E-state index contributed by atoms with van der Waals surface area (Å²) in [5.41, 5.74) is -0.699. The molecular weight excluding hydrogens is 324 g/mol. The predicted octanol–water partition coefficient (Wildman–Crippen LogP) is 2.37. The van der Waals surface area contributed by atoms with Gasteiger partial charge >= 0.3 is 12.6 Å². The number of ether oxygens (including phenoxy) is 3. The first-order valence-electron chi connectivity index (χ1n) is 7.34. The Hall–Kier alpha value is -2.38. The van der Waals surface area contributed by atoms with Crippen molar-refractivity contribution in [3.05, 3.63) is 23.8 Å². The van der Waals surface area contributed by atoms with Crippen LogP contribution in [0.25, 0.3) is 0 Å². The minimum Gasteiger partial charge on any atom is -0.493 e. The van der Waals surface area contributed by atoms with E-state index in [0.717, 1.165) is 0 Å². The van der Waals surface area contributed by atoms with Gasteiger partial charge in [0, 0.05) is 5.41 Å². The Morgan fingerprint density at radius 1 is 1.42 bits per heavy atom.